The quantitative estimate of drug-likeness (QED) is 0.675. The minimum absolute atomic E-state index is 0.569. The van der Waals surface area contributed by atoms with Gasteiger partial charge in [0.25, 0.3) is 0 Å². The molecule has 11 heavy (non-hydrogen) atoms. The van der Waals surface area contributed by atoms with Gasteiger partial charge in [0.2, 0.25) is 0 Å². The molecule has 4 nitrogen and oxygen atoms in total. The number of nitrogen functional groups attached to an aromatic ring is 1. The summed E-state index contributed by atoms with van der Waals surface area (Å²) in [6.45, 7) is 0. The lowest BCUT2D eigenvalue weighted by Crippen LogP contribution is -2.02. The van der Waals surface area contributed by atoms with Gasteiger partial charge in [0, 0.05) is 6.26 Å². The van der Waals surface area contributed by atoms with Crippen molar-refractivity contribution in [2.24, 2.45) is 0 Å². The predicted molar refractivity (Wildman–Crippen MR) is 46.3 cm³/mol. The van der Waals surface area contributed by atoms with Gasteiger partial charge in [-0.05, 0) is 12.1 Å². The smallest absolute Gasteiger partial charge is 0.137 e. The molecular weight excluding hydrogens is 162 g/mol. The first-order valence-corrected chi connectivity index (χ1v) is 4.56. The Morgan fingerprint density at radius 1 is 1.64 bits per heavy atom. The number of hydrogen-bond acceptors (Lipinski definition) is 3. The zero-order valence-corrected chi connectivity index (χ0v) is 6.89. The third-order valence-electron chi connectivity index (χ3n) is 1.03. The number of rotatable bonds is 2. The molecule has 0 aliphatic heterocycles. The summed E-state index contributed by atoms with van der Waals surface area (Å²) in [6, 6.07) is 3.37. The molecule has 0 fully saturated rings. The summed E-state index contributed by atoms with van der Waals surface area (Å²) in [5.74, 6) is 0.569. The molecular formula is C6H9N3OS. The van der Waals surface area contributed by atoms with Crippen LogP contribution in [-0.2, 0) is 11.0 Å². The van der Waals surface area contributed by atoms with Crippen molar-refractivity contribution < 1.29 is 4.21 Å². The molecule has 0 bridgehead atoms. The first-order valence-electron chi connectivity index (χ1n) is 3.00. The van der Waals surface area contributed by atoms with E-state index in [4.69, 9.17) is 5.73 Å². The minimum Gasteiger partial charge on any atom is -0.397 e. The molecule has 1 aromatic rings. The summed E-state index contributed by atoms with van der Waals surface area (Å²) in [6.07, 6.45) is 3.05. The van der Waals surface area contributed by atoms with Gasteiger partial charge < -0.3 is 5.73 Å². The van der Waals surface area contributed by atoms with Crippen LogP contribution in [0, 0.1) is 0 Å². The zero-order chi connectivity index (χ0) is 8.27. The van der Waals surface area contributed by atoms with Gasteiger partial charge in [-0.2, -0.15) is 0 Å². The zero-order valence-electron chi connectivity index (χ0n) is 6.07. The van der Waals surface area contributed by atoms with Crippen LogP contribution in [0.15, 0.2) is 18.3 Å². The summed E-state index contributed by atoms with van der Waals surface area (Å²) in [5, 5.41) is 0. The lowest BCUT2D eigenvalue weighted by Gasteiger charge is -1.99. The van der Waals surface area contributed by atoms with Gasteiger partial charge >= 0.3 is 0 Å². The van der Waals surface area contributed by atoms with Crippen molar-refractivity contribution >= 4 is 22.5 Å². The molecule has 1 heterocycles. The summed E-state index contributed by atoms with van der Waals surface area (Å²) >= 11 is 0. The number of nitrogens with two attached hydrogens (primary N) is 1. The number of anilines is 2. The fraction of sp³-hybridized carbons (Fsp3) is 0.167. The van der Waals surface area contributed by atoms with E-state index in [0.29, 0.717) is 11.5 Å². The molecule has 3 N–H and O–H groups in total. The van der Waals surface area contributed by atoms with Gasteiger partial charge in [-0.3, -0.25) is 4.72 Å². The number of nitrogens with zero attached hydrogens (tertiary/aromatic N) is 1. The van der Waals surface area contributed by atoms with Crippen LogP contribution in [0.2, 0.25) is 0 Å². The van der Waals surface area contributed by atoms with Crippen molar-refractivity contribution in [3.05, 3.63) is 18.3 Å². The second kappa shape index (κ2) is 3.34. The third-order valence-corrected chi connectivity index (χ3v) is 1.53. The summed E-state index contributed by atoms with van der Waals surface area (Å²) < 4.78 is 13.3. The van der Waals surface area contributed by atoms with Gasteiger partial charge in [-0.1, -0.05) is 0 Å². The van der Waals surface area contributed by atoms with E-state index in [1.165, 1.54) is 12.5 Å². The summed E-state index contributed by atoms with van der Waals surface area (Å²) in [5.41, 5.74) is 5.99. The molecule has 60 valence electrons. The van der Waals surface area contributed by atoms with Crippen molar-refractivity contribution in [3.63, 3.8) is 0 Å². The van der Waals surface area contributed by atoms with Gasteiger partial charge in [0.15, 0.2) is 0 Å². The minimum atomic E-state index is -1.08. The van der Waals surface area contributed by atoms with Crippen molar-refractivity contribution in [2.45, 2.75) is 0 Å². The maximum atomic E-state index is 10.6. The summed E-state index contributed by atoms with van der Waals surface area (Å²) in [4.78, 5) is 3.89. The van der Waals surface area contributed by atoms with Crippen molar-refractivity contribution in [1.82, 2.24) is 4.98 Å². The normalized spacial score (nSPS) is 12.5. The van der Waals surface area contributed by atoms with E-state index < -0.39 is 11.0 Å². The standard InChI is InChI=1S/C6H9N3OS/c1-11(10)9-6-3-2-5(7)4-8-6/h2-4H,7H2,1H3,(H,8,9). The molecule has 1 atom stereocenters. The highest BCUT2D eigenvalue weighted by atomic mass is 32.2. The van der Waals surface area contributed by atoms with Crippen LogP contribution in [0.4, 0.5) is 11.5 Å². The predicted octanol–water partition coefficient (Wildman–Crippen LogP) is 0.369. The van der Waals surface area contributed by atoms with E-state index in [0.717, 1.165) is 0 Å². The SMILES string of the molecule is CS(=O)Nc1ccc(N)cn1. The molecule has 1 unspecified atom stereocenters. The maximum absolute atomic E-state index is 10.6. The monoisotopic (exact) mass is 171 g/mol. The highest BCUT2D eigenvalue weighted by Crippen LogP contribution is 2.05. The van der Waals surface area contributed by atoms with E-state index in [1.807, 2.05) is 0 Å². The first kappa shape index (κ1) is 8.00. The van der Waals surface area contributed by atoms with Crippen molar-refractivity contribution in [2.75, 3.05) is 16.7 Å². The molecule has 0 amide bonds. The van der Waals surface area contributed by atoms with Crippen LogP contribution in [0.25, 0.3) is 0 Å². The van der Waals surface area contributed by atoms with E-state index in [1.54, 1.807) is 12.1 Å². The largest absolute Gasteiger partial charge is 0.397 e. The Morgan fingerprint density at radius 3 is 2.82 bits per heavy atom. The lowest BCUT2D eigenvalue weighted by atomic mass is 10.4. The van der Waals surface area contributed by atoms with Gasteiger partial charge in [0.1, 0.15) is 16.8 Å². The van der Waals surface area contributed by atoms with Crippen molar-refractivity contribution in [3.8, 4) is 0 Å². The van der Waals surface area contributed by atoms with Crippen LogP contribution >= 0.6 is 0 Å². The van der Waals surface area contributed by atoms with Crippen LogP contribution in [-0.4, -0.2) is 15.4 Å². The fourth-order valence-electron chi connectivity index (χ4n) is 0.613. The molecule has 1 aromatic heterocycles. The topological polar surface area (TPSA) is 68.0 Å². The molecule has 0 saturated heterocycles. The Labute approximate surface area is 67.4 Å². The number of pyridine rings is 1. The molecule has 0 radical (unpaired) electrons. The molecule has 0 aliphatic rings. The maximum Gasteiger partial charge on any atom is 0.137 e. The molecule has 0 spiro atoms. The van der Waals surface area contributed by atoms with E-state index in [2.05, 4.69) is 9.71 Å². The number of nitrogens with one attached hydrogen (secondary N) is 1. The molecule has 0 saturated carbocycles. The fourth-order valence-corrected chi connectivity index (χ4v) is 1.03. The second-order valence-electron chi connectivity index (χ2n) is 2.03. The van der Waals surface area contributed by atoms with Gasteiger partial charge in [0.05, 0.1) is 11.9 Å². The number of hydrogen-bond donors (Lipinski definition) is 2. The van der Waals surface area contributed by atoms with E-state index >= 15 is 0 Å². The number of aromatic nitrogens is 1. The van der Waals surface area contributed by atoms with Crippen molar-refractivity contribution in [1.29, 1.82) is 0 Å². The van der Waals surface area contributed by atoms with E-state index in [9.17, 15) is 4.21 Å². The molecule has 0 aromatic carbocycles. The Bertz CT molecular complexity index is 259. The average molecular weight is 171 g/mol. The lowest BCUT2D eigenvalue weighted by molar-refractivity contribution is 0.689. The summed E-state index contributed by atoms with van der Waals surface area (Å²) in [7, 11) is -1.08. The van der Waals surface area contributed by atoms with Gasteiger partial charge in [-0.25, -0.2) is 9.19 Å². The first-order chi connectivity index (χ1) is 5.18. The Morgan fingerprint density at radius 2 is 2.36 bits per heavy atom. The highest BCUT2D eigenvalue weighted by Gasteiger charge is 1.93. The van der Waals surface area contributed by atoms with Crippen LogP contribution in [0.3, 0.4) is 0 Å². The van der Waals surface area contributed by atoms with E-state index in [-0.39, 0.29) is 0 Å². The second-order valence-corrected chi connectivity index (χ2v) is 3.15. The molecule has 5 heteroatoms. The van der Waals surface area contributed by atoms with Crippen LogP contribution < -0.4 is 10.5 Å². The molecule has 0 aliphatic carbocycles. The Hall–Kier alpha value is -1.10. The molecule has 1 rings (SSSR count). The average Bonchev–Trinajstić information content (AvgIpc) is 1.93. The Kier molecular flexibility index (Phi) is 2.43. The Balaban J connectivity index is 2.74. The third kappa shape index (κ3) is 2.55. The highest BCUT2D eigenvalue weighted by molar-refractivity contribution is 7.85. The van der Waals surface area contributed by atoms with Gasteiger partial charge in [-0.15, -0.1) is 0 Å². The van der Waals surface area contributed by atoms with Crippen LogP contribution in [0.1, 0.15) is 0 Å². The van der Waals surface area contributed by atoms with Crippen LogP contribution in [0.5, 0.6) is 0 Å².